The maximum absolute atomic E-state index is 6.08. The molecule has 4 heteroatoms. The molecule has 0 saturated heterocycles. The van der Waals surface area contributed by atoms with Gasteiger partial charge in [-0.05, 0) is 31.0 Å². The van der Waals surface area contributed by atoms with E-state index in [0.717, 1.165) is 30.8 Å². The Bertz CT molecular complexity index is 420. The van der Waals surface area contributed by atoms with E-state index in [1.165, 1.54) is 0 Å². The monoisotopic (exact) mass is 284 g/mol. The fourth-order valence-corrected chi connectivity index (χ4v) is 2.22. The summed E-state index contributed by atoms with van der Waals surface area (Å²) in [6.45, 7) is 8.48. The van der Waals surface area contributed by atoms with E-state index in [4.69, 9.17) is 29.6 Å². The highest BCUT2D eigenvalue weighted by molar-refractivity contribution is 7.80. The molecule has 0 bridgehead atoms. The van der Waals surface area contributed by atoms with Gasteiger partial charge in [-0.15, -0.1) is 0 Å². The van der Waals surface area contributed by atoms with Crippen molar-refractivity contribution >= 4 is 34.5 Å². The molecule has 0 radical (unpaired) electrons. The summed E-state index contributed by atoms with van der Waals surface area (Å²) in [6.07, 6.45) is 1.15. The van der Waals surface area contributed by atoms with Gasteiger partial charge in [-0.3, -0.25) is 0 Å². The van der Waals surface area contributed by atoms with Crippen molar-refractivity contribution in [3.05, 3.63) is 28.8 Å². The lowest BCUT2D eigenvalue weighted by atomic mass is 10.1. The lowest BCUT2D eigenvalue weighted by molar-refractivity contribution is 0.548. The number of nitrogens with zero attached hydrogens (tertiary/aromatic N) is 1. The van der Waals surface area contributed by atoms with Gasteiger partial charge >= 0.3 is 0 Å². The molecule has 0 aliphatic rings. The quantitative estimate of drug-likeness (QED) is 0.805. The van der Waals surface area contributed by atoms with Gasteiger partial charge in [0.05, 0.1) is 0 Å². The summed E-state index contributed by atoms with van der Waals surface area (Å²) in [7, 11) is 0. The minimum atomic E-state index is 0.421. The highest BCUT2D eigenvalue weighted by atomic mass is 35.5. The fraction of sp³-hybridized carbons (Fsp3) is 0.500. The molecule has 100 valence electrons. The number of hydrogen-bond acceptors (Lipinski definition) is 2. The van der Waals surface area contributed by atoms with E-state index in [1.54, 1.807) is 0 Å². The standard InChI is InChI=1S/C14H21ClN2S/c1-4-10(3)9-17(5-2)13-8-11(15)6-7-12(13)14(16)18/h6-8,10H,4-5,9H2,1-3H3,(H2,16,18). The van der Waals surface area contributed by atoms with E-state index < -0.39 is 0 Å². The van der Waals surface area contributed by atoms with Crippen molar-refractivity contribution in [2.45, 2.75) is 27.2 Å². The SMILES string of the molecule is CCC(C)CN(CC)c1cc(Cl)ccc1C(N)=S. The van der Waals surface area contributed by atoms with Crippen molar-refractivity contribution in [2.24, 2.45) is 11.7 Å². The highest BCUT2D eigenvalue weighted by Gasteiger charge is 2.14. The Morgan fingerprint density at radius 3 is 2.61 bits per heavy atom. The smallest absolute Gasteiger partial charge is 0.106 e. The van der Waals surface area contributed by atoms with Crippen LogP contribution in [0.4, 0.5) is 5.69 Å². The Hall–Kier alpha value is -0.800. The Labute approximate surface area is 120 Å². The molecule has 0 heterocycles. The molecule has 0 aromatic heterocycles. The average Bonchev–Trinajstić information content (AvgIpc) is 2.35. The summed E-state index contributed by atoms with van der Waals surface area (Å²) < 4.78 is 0. The van der Waals surface area contributed by atoms with Crippen molar-refractivity contribution in [1.29, 1.82) is 0 Å². The van der Waals surface area contributed by atoms with Gasteiger partial charge in [-0.1, -0.05) is 44.1 Å². The first-order chi connectivity index (χ1) is 8.49. The lowest BCUT2D eigenvalue weighted by Crippen LogP contribution is -2.30. The number of hydrogen-bond donors (Lipinski definition) is 1. The van der Waals surface area contributed by atoms with Crippen molar-refractivity contribution in [3.63, 3.8) is 0 Å². The molecule has 0 saturated carbocycles. The molecule has 2 N–H and O–H groups in total. The van der Waals surface area contributed by atoms with Crippen molar-refractivity contribution in [1.82, 2.24) is 0 Å². The maximum Gasteiger partial charge on any atom is 0.106 e. The molecular formula is C14H21ClN2S. The minimum absolute atomic E-state index is 0.421. The van der Waals surface area contributed by atoms with Gasteiger partial charge in [0.15, 0.2) is 0 Å². The number of nitrogens with two attached hydrogens (primary N) is 1. The average molecular weight is 285 g/mol. The predicted molar refractivity (Wildman–Crippen MR) is 84.7 cm³/mol. The second-order valence-corrected chi connectivity index (χ2v) is 5.45. The molecule has 0 fully saturated rings. The Balaban J connectivity index is 3.10. The van der Waals surface area contributed by atoms with Gasteiger partial charge in [0.25, 0.3) is 0 Å². The van der Waals surface area contributed by atoms with Gasteiger partial charge in [0.1, 0.15) is 4.99 Å². The fourth-order valence-electron chi connectivity index (χ4n) is 1.88. The molecule has 1 aromatic rings. The molecular weight excluding hydrogens is 264 g/mol. The van der Waals surface area contributed by atoms with E-state index >= 15 is 0 Å². The molecule has 1 rings (SSSR count). The lowest BCUT2D eigenvalue weighted by Gasteiger charge is -2.28. The van der Waals surface area contributed by atoms with Crippen LogP contribution in [-0.2, 0) is 0 Å². The van der Waals surface area contributed by atoms with Crippen molar-refractivity contribution in [3.8, 4) is 0 Å². The number of benzene rings is 1. The number of halogens is 1. The van der Waals surface area contributed by atoms with Crippen LogP contribution in [0.25, 0.3) is 0 Å². The summed E-state index contributed by atoms with van der Waals surface area (Å²) in [5.41, 5.74) is 7.72. The Morgan fingerprint density at radius 1 is 1.44 bits per heavy atom. The van der Waals surface area contributed by atoms with Crippen LogP contribution in [0.5, 0.6) is 0 Å². The largest absolute Gasteiger partial charge is 0.389 e. The topological polar surface area (TPSA) is 29.3 Å². The summed E-state index contributed by atoms with van der Waals surface area (Å²) in [5, 5.41) is 0.715. The molecule has 0 amide bonds. The zero-order valence-corrected chi connectivity index (χ0v) is 12.8. The first-order valence-corrected chi connectivity index (χ1v) is 7.12. The van der Waals surface area contributed by atoms with E-state index in [2.05, 4.69) is 25.7 Å². The normalized spacial score (nSPS) is 12.2. The van der Waals surface area contributed by atoms with Gasteiger partial charge in [0.2, 0.25) is 0 Å². The van der Waals surface area contributed by atoms with Crippen LogP contribution in [0.15, 0.2) is 18.2 Å². The third-order valence-corrected chi connectivity index (χ3v) is 3.63. The van der Waals surface area contributed by atoms with Gasteiger partial charge in [0, 0.05) is 29.4 Å². The molecule has 0 aliphatic carbocycles. The van der Waals surface area contributed by atoms with Crippen molar-refractivity contribution < 1.29 is 0 Å². The van der Waals surface area contributed by atoms with Crippen LogP contribution in [0.3, 0.4) is 0 Å². The van der Waals surface area contributed by atoms with Crippen LogP contribution in [0.1, 0.15) is 32.8 Å². The highest BCUT2D eigenvalue weighted by Crippen LogP contribution is 2.26. The van der Waals surface area contributed by atoms with Crippen molar-refractivity contribution in [2.75, 3.05) is 18.0 Å². The summed E-state index contributed by atoms with van der Waals surface area (Å²) in [5.74, 6) is 0.628. The number of rotatable bonds is 6. The summed E-state index contributed by atoms with van der Waals surface area (Å²) in [6, 6.07) is 5.68. The van der Waals surface area contributed by atoms with Gasteiger partial charge in [-0.25, -0.2) is 0 Å². The van der Waals surface area contributed by atoms with E-state index in [-0.39, 0.29) is 0 Å². The third kappa shape index (κ3) is 3.85. The third-order valence-electron chi connectivity index (χ3n) is 3.18. The second-order valence-electron chi connectivity index (χ2n) is 4.58. The minimum Gasteiger partial charge on any atom is -0.389 e. The maximum atomic E-state index is 6.08. The van der Waals surface area contributed by atoms with E-state index in [1.807, 2.05) is 18.2 Å². The van der Waals surface area contributed by atoms with Crippen LogP contribution < -0.4 is 10.6 Å². The zero-order chi connectivity index (χ0) is 13.7. The number of thiocarbonyl (C=S) groups is 1. The molecule has 2 nitrogen and oxygen atoms in total. The molecule has 18 heavy (non-hydrogen) atoms. The van der Waals surface area contributed by atoms with E-state index in [9.17, 15) is 0 Å². The van der Waals surface area contributed by atoms with Gasteiger partial charge < -0.3 is 10.6 Å². The Kier molecular flexibility index (Phi) is 5.89. The zero-order valence-electron chi connectivity index (χ0n) is 11.2. The van der Waals surface area contributed by atoms with Crippen LogP contribution in [0.2, 0.25) is 5.02 Å². The predicted octanol–water partition coefficient (Wildman–Crippen LogP) is 3.85. The first-order valence-electron chi connectivity index (χ1n) is 6.33. The summed E-state index contributed by atoms with van der Waals surface area (Å²) >= 11 is 11.2. The molecule has 1 unspecified atom stereocenters. The van der Waals surface area contributed by atoms with Crippen LogP contribution >= 0.6 is 23.8 Å². The molecule has 1 aromatic carbocycles. The molecule has 0 aliphatic heterocycles. The van der Waals surface area contributed by atoms with Crippen LogP contribution in [-0.4, -0.2) is 18.1 Å². The second kappa shape index (κ2) is 6.95. The summed E-state index contributed by atoms with van der Waals surface area (Å²) in [4.78, 5) is 2.71. The number of anilines is 1. The van der Waals surface area contributed by atoms with E-state index in [0.29, 0.717) is 15.9 Å². The molecule has 0 spiro atoms. The Morgan fingerprint density at radius 2 is 2.11 bits per heavy atom. The van der Waals surface area contributed by atoms with Gasteiger partial charge in [-0.2, -0.15) is 0 Å². The first kappa shape index (κ1) is 15.3. The molecule has 1 atom stereocenters. The van der Waals surface area contributed by atoms with Crippen LogP contribution in [0, 0.1) is 5.92 Å².